The first-order valence-electron chi connectivity index (χ1n) is 11.2. The molecular formula is C27H27N3O. The first-order valence-corrected chi connectivity index (χ1v) is 11.2. The van der Waals surface area contributed by atoms with Crippen molar-refractivity contribution in [2.24, 2.45) is 16.5 Å². The van der Waals surface area contributed by atoms with Crippen LogP contribution in [0.2, 0.25) is 0 Å². The van der Waals surface area contributed by atoms with Crippen LogP contribution >= 0.6 is 0 Å². The molecule has 1 aliphatic heterocycles. The van der Waals surface area contributed by atoms with Gasteiger partial charge in [0, 0.05) is 11.9 Å². The van der Waals surface area contributed by atoms with Gasteiger partial charge in [-0.2, -0.15) is 0 Å². The predicted molar refractivity (Wildman–Crippen MR) is 123 cm³/mol. The SMILES string of the molecule is Cc1cn(-c2ccc(C=C3CC4(CC4)CC4C3=NOC4(C)c3ccccc3)cc2)cn1. The Morgan fingerprint density at radius 3 is 2.52 bits per heavy atom. The van der Waals surface area contributed by atoms with Crippen molar-refractivity contribution < 1.29 is 4.84 Å². The molecular weight excluding hydrogens is 382 g/mol. The topological polar surface area (TPSA) is 39.4 Å². The minimum atomic E-state index is -0.380. The van der Waals surface area contributed by atoms with Crippen LogP contribution in [0.25, 0.3) is 11.8 Å². The van der Waals surface area contributed by atoms with E-state index in [1.807, 2.05) is 19.4 Å². The fraction of sp³-hybridized carbons (Fsp3) is 0.333. The Labute approximate surface area is 183 Å². The standard InChI is InChI=1S/C27H27N3O/c1-19-17-30(18-28-19)23-10-8-20(9-11-23)14-21-15-27(12-13-27)16-24-25(21)29-31-26(24,2)22-6-4-3-5-7-22/h3-11,14,17-18,24H,12-13,15-16H2,1-2H3. The molecule has 2 atom stereocenters. The summed E-state index contributed by atoms with van der Waals surface area (Å²) in [5.74, 6) is 0.311. The van der Waals surface area contributed by atoms with E-state index in [2.05, 4.69) is 82.3 Å². The van der Waals surface area contributed by atoms with Crippen LogP contribution in [0, 0.1) is 18.3 Å². The highest BCUT2D eigenvalue weighted by Crippen LogP contribution is 2.62. The molecule has 0 radical (unpaired) electrons. The quantitative estimate of drug-likeness (QED) is 0.528. The smallest absolute Gasteiger partial charge is 0.168 e. The van der Waals surface area contributed by atoms with Crippen LogP contribution in [0.5, 0.6) is 0 Å². The molecule has 0 N–H and O–H groups in total. The highest BCUT2D eigenvalue weighted by molar-refractivity contribution is 6.07. The van der Waals surface area contributed by atoms with Gasteiger partial charge in [0.15, 0.2) is 5.60 Å². The van der Waals surface area contributed by atoms with Crippen LogP contribution in [-0.2, 0) is 10.4 Å². The molecule has 2 unspecified atom stereocenters. The third-order valence-corrected chi connectivity index (χ3v) is 7.41. The summed E-state index contributed by atoms with van der Waals surface area (Å²) in [7, 11) is 0. The van der Waals surface area contributed by atoms with Gasteiger partial charge in [0.1, 0.15) is 0 Å². The molecule has 1 spiro atoms. The van der Waals surface area contributed by atoms with Crippen molar-refractivity contribution in [2.45, 2.75) is 45.1 Å². The maximum atomic E-state index is 6.18. The lowest BCUT2D eigenvalue weighted by Crippen LogP contribution is -2.39. The minimum Gasteiger partial charge on any atom is -0.384 e. The number of aromatic nitrogens is 2. The van der Waals surface area contributed by atoms with Crippen molar-refractivity contribution in [3.8, 4) is 5.69 Å². The maximum Gasteiger partial charge on any atom is 0.168 e. The Kier molecular flexibility index (Phi) is 4.01. The van der Waals surface area contributed by atoms with Gasteiger partial charge in [0.2, 0.25) is 0 Å². The minimum absolute atomic E-state index is 0.311. The summed E-state index contributed by atoms with van der Waals surface area (Å²) in [4.78, 5) is 10.5. The van der Waals surface area contributed by atoms with Crippen LogP contribution in [0.3, 0.4) is 0 Å². The number of allylic oxidation sites excluding steroid dienone is 1. The van der Waals surface area contributed by atoms with E-state index in [1.54, 1.807) is 0 Å². The Hall–Kier alpha value is -3.14. The third-order valence-electron chi connectivity index (χ3n) is 7.41. The Bertz CT molecular complexity index is 1180. The summed E-state index contributed by atoms with van der Waals surface area (Å²) < 4.78 is 2.06. The highest BCUT2D eigenvalue weighted by Gasteiger charge is 2.57. The number of oxime groups is 1. The van der Waals surface area contributed by atoms with E-state index in [1.165, 1.54) is 36.0 Å². The Morgan fingerprint density at radius 1 is 1.06 bits per heavy atom. The fourth-order valence-corrected chi connectivity index (χ4v) is 5.32. The number of rotatable bonds is 3. The number of benzene rings is 2. The molecule has 0 amide bonds. The van der Waals surface area contributed by atoms with Crippen LogP contribution in [0.4, 0.5) is 0 Å². The van der Waals surface area contributed by atoms with Gasteiger partial charge in [-0.3, -0.25) is 0 Å². The van der Waals surface area contributed by atoms with Gasteiger partial charge in [0.25, 0.3) is 0 Å². The molecule has 2 heterocycles. The average molecular weight is 410 g/mol. The van der Waals surface area contributed by atoms with Gasteiger partial charge in [0.05, 0.1) is 23.7 Å². The van der Waals surface area contributed by atoms with Crippen LogP contribution in [0.15, 0.2) is 77.9 Å². The van der Waals surface area contributed by atoms with Crippen molar-refractivity contribution in [3.63, 3.8) is 0 Å². The van der Waals surface area contributed by atoms with Gasteiger partial charge in [-0.25, -0.2) is 4.98 Å². The normalized spacial score (nSPS) is 27.1. The number of nitrogens with zero attached hydrogens (tertiary/aromatic N) is 3. The van der Waals surface area contributed by atoms with Crippen LogP contribution in [-0.4, -0.2) is 15.3 Å². The molecule has 1 aromatic heterocycles. The summed E-state index contributed by atoms with van der Waals surface area (Å²) in [5.41, 5.74) is 7.13. The zero-order chi connectivity index (χ0) is 21.1. The van der Waals surface area contributed by atoms with E-state index < -0.39 is 0 Å². The second kappa shape index (κ2) is 6.68. The van der Waals surface area contributed by atoms with Crippen LogP contribution < -0.4 is 0 Å². The predicted octanol–water partition coefficient (Wildman–Crippen LogP) is 6.06. The molecule has 156 valence electrons. The van der Waals surface area contributed by atoms with Gasteiger partial charge in [-0.15, -0.1) is 0 Å². The third kappa shape index (κ3) is 3.13. The molecule has 3 aliphatic rings. The largest absolute Gasteiger partial charge is 0.384 e. The molecule has 2 fully saturated rings. The molecule has 0 bridgehead atoms. The van der Waals surface area contributed by atoms with E-state index in [4.69, 9.17) is 4.84 Å². The molecule has 2 saturated carbocycles. The second-order valence-corrected chi connectivity index (χ2v) is 9.66. The lowest BCUT2D eigenvalue weighted by Gasteiger charge is -2.36. The van der Waals surface area contributed by atoms with E-state index in [9.17, 15) is 0 Å². The van der Waals surface area contributed by atoms with Crippen molar-refractivity contribution in [2.75, 3.05) is 0 Å². The van der Waals surface area contributed by atoms with Crippen molar-refractivity contribution in [1.29, 1.82) is 0 Å². The van der Waals surface area contributed by atoms with E-state index in [0.29, 0.717) is 11.3 Å². The molecule has 3 aromatic rings. The molecule has 6 rings (SSSR count). The van der Waals surface area contributed by atoms with E-state index in [-0.39, 0.29) is 5.60 Å². The Balaban J connectivity index is 1.33. The zero-order valence-corrected chi connectivity index (χ0v) is 18.1. The summed E-state index contributed by atoms with van der Waals surface area (Å²) in [5, 5.41) is 4.66. The first-order chi connectivity index (χ1) is 15.0. The van der Waals surface area contributed by atoms with Crippen molar-refractivity contribution in [3.05, 3.63) is 89.5 Å². The van der Waals surface area contributed by atoms with Crippen molar-refractivity contribution >= 4 is 11.8 Å². The maximum absolute atomic E-state index is 6.18. The van der Waals surface area contributed by atoms with Gasteiger partial charge >= 0.3 is 0 Å². The first kappa shape index (κ1) is 18.6. The number of hydrogen-bond acceptors (Lipinski definition) is 3. The summed E-state index contributed by atoms with van der Waals surface area (Å²) in [6.45, 7) is 4.22. The molecule has 2 aliphatic carbocycles. The van der Waals surface area contributed by atoms with Gasteiger partial charge < -0.3 is 9.40 Å². The van der Waals surface area contributed by atoms with Crippen LogP contribution in [0.1, 0.15) is 49.4 Å². The summed E-state index contributed by atoms with van der Waals surface area (Å²) in [6.07, 6.45) is 11.2. The second-order valence-electron chi connectivity index (χ2n) is 9.66. The number of aryl methyl sites for hydroxylation is 1. The molecule has 4 nitrogen and oxygen atoms in total. The van der Waals surface area contributed by atoms with E-state index in [0.717, 1.165) is 23.5 Å². The summed E-state index contributed by atoms with van der Waals surface area (Å²) >= 11 is 0. The molecule has 31 heavy (non-hydrogen) atoms. The molecule has 0 saturated heterocycles. The number of hydrogen-bond donors (Lipinski definition) is 0. The molecule has 4 heteroatoms. The van der Waals surface area contributed by atoms with Gasteiger partial charge in [-0.1, -0.05) is 47.6 Å². The summed E-state index contributed by atoms with van der Waals surface area (Å²) in [6, 6.07) is 19.3. The number of imidazole rings is 1. The fourth-order valence-electron chi connectivity index (χ4n) is 5.32. The molecule has 2 aromatic carbocycles. The van der Waals surface area contributed by atoms with Crippen molar-refractivity contribution in [1.82, 2.24) is 9.55 Å². The van der Waals surface area contributed by atoms with E-state index >= 15 is 0 Å². The highest BCUT2D eigenvalue weighted by atomic mass is 16.7. The average Bonchev–Trinajstić information content (AvgIpc) is 3.23. The zero-order valence-electron chi connectivity index (χ0n) is 18.1. The monoisotopic (exact) mass is 409 g/mol. The Morgan fingerprint density at radius 2 is 1.84 bits per heavy atom. The number of fused-ring (bicyclic) bond motifs is 1. The lowest BCUT2D eigenvalue weighted by atomic mass is 9.67. The lowest BCUT2D eigenvalue weighted by molar-refractivity contribution is -0.0411. The van der Waals surface area contributed by atoms with Gasteiger partial charge in [-0.05, 0) is 79.9 Å².